The molecule has 1 unspecified atom stereocenters. The van der Waals surface area contributed by atoms with Gasteiger partial charge in [-0.15, -0.1) is 6.58 Å². The van der Waals surface area contributed by atoms with Gasteiger partial charge in [-0.1, -0.05) is 43.5 Å². The van der Waals surface area contributed by atoms with Crippen molar-refractivity contribution in [3.63, 3.8) is 0 Å². The molecule has 0 aliphatic heterocycles. The van der Waals surface area contributed by atoms with Gasteiger partial charge < -0.3 is 5.32 Å². The van der Waals surface area contributed by atoms with E-state index in [4.69, 9.17) is 11.6 Å². The predicted molar refractivity (Wildman–Crippen MR) is 81.1 cm³/mol. The number of halogens is 2. The van der Waals surface area contributed by atoms with E-state index < -0.39 is 0 Å². The van der Waals surface area contributed by atoms with E-state index in [1.54, 1.807) is 12.1 Å². The number of hydrogen-bond donors (Lipinski definition) is 1. The third kappa shape index (κ3) is 5.33. The van der Waals surface area contributed by atoms with E-state index in [1.165, 1.54) is 6.07 Å². The fourth-order valence-corrected chi connectivity index (χ4v) is 2.55. The fraction of sp³-hybridized carbons (Fsp3) is 0.500. The van der Waals surface area contributed by atoms with Crippen molar-refractivity contribution in [3.8, 4) is 0 Å². The van der Waals surface area contributed by atoms with E-state index in [-0.39, 0.29) is 11.9 Å². The maximum absolute atomic E-state index is 13.9. The third-order valence-corrected chi connectivity index (χ3v) is 3.53. The Balaban J connectivity index is 2.63. The smallest absolute Gasteiger partial charge is 0.129 e. The van der Waals surface area contributed by atoms with Gasteiger partial charge in [-0.05, 0) is 37.9 Å². The van der Waals surface area contributed by atoms with Gasteiger partial charge in [0, 0.05) is 16.6 Å². The molecule has 0 radical (unpaired) electrons. The number of benzene rings is 1. The molecule has 0 aliphatic rings. The van der Waals surface area contributed by atoms with Gasteiger partial charge in [0.25, 0.3) is 0 Å². The minimum atomic E-state index is -0.218. The molecule has 0 fully saturated rings. The SMILES string of the molecule is C=CCCCCCC(NCC)c1c(F)cccc1Cl. The molecule has 1 rings (SSSR count). The van der Waals surface area contributed by atoms with Crippen LogP contribution >= 0.6 is 11.6 Å². The van der Waals surface area contributed by atoms with Gasteiger partial charge in [0.2, 0.25) is 0 Å². The quantitative estimate of drug-likeness (QED) is 0.481. The fourth-order valence-electron chi connectivity index (χ4n) is 2.25. The molecule has 0 heterocycles. The van der Waals surface area contributed by atoms with Crippen LogP contribution in [0.15, 0.2) is 30.9 Å². The molecule has 1 atom stereocenters. The largest absolute Gasteiger partial charge is 0.310 e. The summed E-state index contributed by atoms with van der Waals surface area (Å²) < 4.78 is 13.9. The number of unbranched alkanes of at least 4 members (excludes halogenated alkanes) is 3. The summed E-state index contributed by atoms with van der Waals surface area (Å²) in [4.78, 5) is 0. The second-order valence-electron chi connectivity index (χ2n) is 4.67. The summed E-state index contributed by atoms with van der Waals surface area (Å²) in [6.07, 6.45) is 7.25. The average molecular weight is 284 g/mol. The van der Waals surface area contributed by atoms with Crippen LogP contribution in [-0.2, 0) is 0 Å². The Morgan fingerprint density at radius 2 is 2.16 bits per heavy atom. The van der Waals surface area contributed by atoms with E-state index >= 15 is 0 Å². The van der Waals surface area contributed by atoms with E-state index in [0.717, 1.165) is 38.6 Å². The third-order valence-electron chi connectivity index (χ3n) is 3.20. The number of rotatable bonds is 9. The van der Waals surface area contributed by atoms with Crippen molar-refractivity contribution >= 4 is 11.6 Å². The van der Waals surface area contributed by atoms with Crippen LogP contribution in [0, 0.1) is 5.82 Å². The second kappa shape index (κ2) is 9.11. The number of hydrogen-bond acceptors (Lipinski definition) is 1. The first-order chi connectivity index (χ1) is 9.20. The first-order valence-electron chi connectivity index (χ1n) is 6.98. The van der Waals surface area contributed by atoms with Crippen molar-refractivity contribution < 1.29 is 4.39 Å². The Labute approximate surface area is 120 Å². The summed E-state index contributed by atoms with van der Waals surface area (Å²) in [5, 5.41) is 3.84. The Morgan fingerprint density at radius 3 is 2.79 bits per heavy atom. The van der Waals surface area contributed by atoms with Crippen LogP contribution < -0.4 is 5.32 Å². The lowest BCUT2D eigenvalue weighted by Gasteiger charge is -2.20. The molecule has 0 amide bonds. The molecule has 0 aromatic heterocycles. The van der Waals surface area contributed by atoms with Gasteiger partial charge in [-0.25, -0.2) is 4.39 Å². The van der Waals surface area contributed by atoms with Gasteiger partial charge in [-0.3, -0.25) is 0 Å². The average Bonchev–Trinajstić information content (AvgIpc) is 2.38. The van der Waals surface area contributed by atoms with Crippen LogP contribution in [0.1, 0.15) is 50.6 Å². The summed E-state index contributed by atoms with van der Waals surface area (Å²) in [6, 6.07) is 4.88. The van der Waals surface area contributed by atoms with Crippen molar-refractivity contribution in [3.05, 3.63) is 47.3 Å². The Morgan fingerprint density at radius 1 is 1.37 bits per heavy atom. The van der Waals surface area contributed by atoms with Crippen molar-refractivity contribution in [1.29, 1.82) is 0 Å². The molecular weight excluding hydrogens is 261 g/mol. The lowest BCUT2D eigenvalue weighted by atomic mass is 9.99. The molecule has 0 bridgehead atoms. The topological polar surface area (TPSA) is 12.0 Å². The van der Waals surface area contributed by atoms with Crippen LogP contribution in [-0.4, -0.2) is 6.54 Å². The highest BCUT2D eigenvalue weighted by Gasteiger charge is 2.17. The van der Waals surface area contributed by atoms with E-state index in [1.807, 2.05) is 13.0 Å². The highest BCUT2D eigenvalue weighted by molar-refractivity contribution is 6.31. The van der Waals surface area contributed by atoms with Gasteiger partial charge >= 0.3 is 0 Å². The maximum atomic E-state index is 13.9. The molecular formula is C16H23ClFN. The molecule has 1 N–H and O–H groups in total. The van der Waals surface area contributed by atoms with Gasteiger partial charge in [-0.2, -0.15) is 0 Å². The lowest BCUT2D eigenvalue weighted by molar-refractivity contribution is 0.462. The molecule has 106 valence electrons. The van der Waals surface area contributed by atoms with E-state index in [2.05, 4.69) is 11.9 Å². The maximum Gasteiger partial charge on any atom is 0.129 e. The zero-order valence-electron chi connectivity index (χ0n) is 11.6. The van der Waals surface area contributed by atoms with Crippen LogP contribution in [0.25, 0.3) is 0 Å². The Kier molecular flexibility index (Phi) is 7.76. The van der Waals surface area contributed by atoms with Crippen molar-refractivity contribution in [1.82, 2.24) is 5.32 Å². The first kappa shape index (κ1) is 16.2. The normalized spacial score (nSPS) is 12.4. The summed E-state index contributed by atoms with van der Waals surface area (Å²) in [6.45, 7) is 6.55. The number of nitrogens with one attached hydrogen (secondary N) is 1. The summed E-state index contributed by atoms with van der Waals surface area (Å²) in [7, 11) is 0. The monoisotopic (exact) mass is 283 g/mol. The summed E-state index contributed by atoms with van der Waals surface area (Å²) in [5.74, 6) is -0.218. The van der Waals surface area contributed by atoms with Crippen LogP contribution in [0.5, 0.6) is 0 Å². The van der Waals surface area contributed by atoms with Crippen molar-refractivity contribution in [2.24, 2.45) is 0 Å². The Bertz CT molecular complexity index is 372. The van der Waals surface area contributed by atoms with Crippen LogP contribution in [0.2, 0.25) is 5.02 Å². The molecule has 0 saturated heterocycles. The molecule has 1 aromatic rings. The van der Waals surface area contributed by atoms with E-state index in [9.17, 15) is 4.39 Å². The summed E-state index contributed by atoms with van der Waals surface area (Å²) >= 11 is 6.13. The van der Waals surface area contributed by atoms with Crippen molar-refractivity contribution in [2.45, 2.75) is 45.1 Å². The minimum Gasteiger partial charge on any atom is -0.310 e. The zero-order valence-corrected chi connectivity index (χ0v) is 12.3. The van der Waals surface area contributed by atoms with Gasteiger partial charge in [0.1, 0.15) is 5.82 Å². The molecule has 0 aliphatic carbocycles. The van der Waals surface area contributed by atoms with Gasteiger partial charge in [0.15, 0.2) is 0 Å². The minimum absolute atomic E-state index is 0.00225. The molecule has 1 nitrogen and oxygen atoms in total. The predicted octanol–water partition coefficient (Wildman–Crippen LogP) is 5.27. The van der Waals surface area contributed by atoms with Crippen molar-refractivity contribution in [2.75, 3.05) is 6.54 Å². The Hall–Kier alpha value is -0.860. The van der Waals surface area contributed by atoms with Crippen LogP contribution in [0.4, 0.5) is 4.39 Å². The van der Waals surface area contributed by atoms with E-state index in [0.29, 0.717) is 10.6 Å². The standard InChI is InChI=1S/C16H23ClFN/c1-3-5-6-7-8-12-15(19-4-2)16-13(17)10-9-11-14(16)18/h3,9-11,15,19H,1,4-8,12H2,2H3. The van der Waals surface area contributed by atoms with Gasteiger partial charge in [0.05, 0.1) is 0 Å². The highest BCUT2D eigenvalue weighted by atomic mass is 35.5. The van der Waals surface area contributed by atoms with Crippen LogP contribution in [0.3, 0.4) is 0 Å². The molecule has 0 saturated carbocycles. The molecule has 0 spiro atoms. The highest BCUT2D eigenvalue weighted by Crippen LogP contribution is 2.29. The molecule has 19 heavy (non-hydrogen) atoms. The lowest BCUT2D eigenvalue weighted by Crippen LogP contribution is -2.22. The second-order valence-corrected chi connectivity index (χ2v) is 5.08. The molecule has 3 heteroatoms. The zero-order chi connectivity index (χ0) is 14.1. The summed E-state index contributed by atoms with van der Waals surface area (Å²) in [5.41, 5.74) is 0.606. The first-order valence-corrected chi connectivity index (χ1v) is 7.36. The number of allylic oxidation sites excluding steroid dienone is 1. The molecule has 1 aromatic carbocycles.